The van der Waals surface area contributed by atoms with Gasteiger partial charge in [0.1, 0.15) is 12.4 Å². The first-order valence-corrected chi connectivity index (χ1v) is 8.64. The Bertz CT molecular complexity index is 738. The van der Waals surface area contributed by atoms with E-state index in [2.05, 4.69) is 10.6 Å². The summed E-state index contributed by atoms with van der Waals surface area (Å²) in [4.78, 5) is 12.2. The molecule has 0 spiro atoms. The molecule has 0 radical (unpaired) electrons. The average molecular weight is 361 g/mol. The molecule has 6 heteroatoms. The monoisotopic (exact) mass is 360 g/mol. The van der Waals surface area contributed by atoms with Gasteiger partial charge in [0.25, 0.3) is 0 Å². The van der Waals surface area contributed by atoms with Crippen LogP contribution in [-0.2, 0) is 17.9 Å². The van der Waals surface area contributed by atoms with Crippen molar-refractivity contribution >= 4 is 17.5 Å². The first kappa shape index (κ1) is 17.7. The standard InChI is InChI=1S/C19H21ClN2O3/c20-16-7-3-4-8-18(16)25-12-14-6-2-1-5-13(14)10-22-19(24)17-9-15(23)11-21-17/h1-8,15,17,21,23H,9-12H2,(H,22,24)/t15-,17-/m0/s1. The Kier molecular flexibility index (Phi) is 5.91. The Hall–Kier alpha value is -2.08. The van der Waals surface area contributed by atoms with Crippen LogP contribution in [0, 0.1) is 0 Å². The van der Waals surface area contributed by atoms with Crippen LogP contribution in [0.15, 0.2) is 48.5 Å². The lowest BCUT2D eigenvalue weighted by Crippen LogP contribution is -2.40. The van der Waals surface area contributed by atoms with Crippen molar-refractivity contribution in [3.63, 3.8) is 0 Å². The lowest BCUT2D eigenvalue weighted by atomic mass is 10.1. The molecule has 1 fully saturated rings. The van der Waals surface area contributed by atoms with Gasteiger partial charge in [-0.3, -0.25) is 4.79 Å². The van der Waals surface area contributed by atoms with Crippen LogP contribution in [0.25, 0.3) is 0 Å². The Morgan fingerprint density at radius 3 is 2.64 bits per heavy atom. The topological polar surface area (TPSA) is 70.6 Å². The number of rotatable bonds is 6. The first-order valence-electron chi connectivity index (χ1n) is 8.27. The summed E-state index contributed by atoms with van der Waals surface area (Å²) in [5, 5.41) is 16.0. The summed E-state index contributed by atoms with van der Waals surface area (Å²) in [6.45, 7) is 1.24. The zero-order valence-electron chi connectivity index (χ0n) is 13.7. The van der Waals surface area contributed by atoms with Gasteiger partial charge in [-0.1, -0.05) is 48.0 Å². The smallest absolute Gasteiger partial charge is 0.237 e. The molecule has 132 valence electrons. The number of ether oxygens (including phenoxy) is 1. The molecule has 1 saturated heterocycles. The van der Waals surface area contributed by atoms with E-state index in [1.807, 2.05) is 42.5 Å². The summed E-state index contributed by atoms with van der Waals surface area (Å²) >= 11 is 6.11. The summed E-state index contributed by atoms with van der Waals surface area (Å²) in [5.41, 5.74) is 1.98. The second-order valence-electron chi connectivity index (χ2n) is 6.06. The Balaban J connectivity index is 1.59. The highest BCUT2D eigenvalue weighted by Gasteiger charge is 2.27. The predicted octanol–water partition coefficient (Wildman–Crippen LogP) is 2.26. The lowest BCUT2D eigenvalue weighted by molar-refractivity contribution is -0.123. The minimum atomic E-state index is -0.452. The number of β-amino-alcohol motifs (C(OH)–C–C–N with tert-alkyl or cyclic N) is 1. The average Bonchev–Trinajstić information content (AvgIpc) is 3.06. The van der Waals surface area contributed by atoms with Crippen LogP contribution >= 0.6 is 11.6 Å². The highest BCUT2D eigenvalue weighted by molar-refractivity contribution is 6.32. The zero-order chi connectivity index (χ0) is 17.6. The molecular weight excluding hydrogens is 340 g/mol. The van der Waals surface area contributed by atoms with Crippen molar-refractivity contribution in [2.45, 2.75) is 31.7 Å². The summed E-state index contributed by atoms with van der Waals surface area (Å²) in [7, 11) is 0. The molecule has 2 aromatic carbocycles. The number of para-hydroxylation sites is 1. The molecule has 1 amide bonds. The Morgan fingerprint density at radius 1 is 1.20 bits per heavy atom. The molecule has 3 rings (SSSR count). The van der Waals surface area contributed by atoms with Crippen LogP contribution < -0.4 is 15.4 Å². The summed E-state index contributed by atoms with van der Waals surface area (Å²) in [6.07, 6.45) is -0.00428. The SMILES string of the molecule is O=C(NCc1ccccc1COc1ccccc1Cl)[C@@H]1C[C@H](O)CN1. The van der Waals surface area contributed by atoms with Crippen LogP contribution in [0.1, 0.15) is 17.5 Å². The Labute approximate surface area is 152 Å². The highest BCUT2D eigenvalue weighted by Crippen LogP contribution is 2.24. The number of halogens is 1. The molecule has 1 aliphatic heterocycles. The molecular formula is C19H21ClN2O3. The summed E-state index contributed by atoms with van der Waals surface area (Å²) < 4.78 is 5.79. The van der Waals surface area contributed by atoms with Gasteiger partial charge < -0.3 is 20.5 Å². The van der Waals surface area contributed by atoms with Crippen molar-refractivity contribution in [3.8, 4) is 5.75 Å². The largest absolute Gasteiger partial charge is 0.487 e. The fourth-order valence-corrected chi connectivity index (χ4v) is 3.00. The number of aliphatic hydroxyl groups is 1. The van der Waals surface area contributed by atoms with E-state index in [4.69, 9.17) is 16.3 Å². The maximum absolute atomic E-state index is 12.2. The van der Waals surface area contributed by atoms with Crippen LogP contribution in [0.3, 0.4) is 0 Å². The highest BCUT2D eigenvalue weighted by atomic mass is 35.5. The second-order valence-corrected chi connectivity index (χ2v) is 6.46. The van der Waals surface area contributed by atoms with Gasteiger partial charge in [0.2, 0.25) is 5.91 Å². The van der Waals surface area contributed by atoms with Crippen molar-refractivity contribution in [3.05, 3.63) is 64.7 Å². The van der Waals surface area contributed by atoms with Crippen molar-refractivity contribution in [2.24, 2.45) is 0 Å². The second kappa shape index (κ2) is 8.34. The van der Waals surface area contributed by atoms with E-state index in [0.717, 1.165) is 11.1 Å². The van der Waals surface area contributed by atoms with E-state index >= 15 is 0 Å². The lowest BCUT2D eigenvalue weighted by Gasteiger charge is -2.14. The molecule has 0 aromatic heterocycles. The number of nitrogens with one attached hydrogen (secondary N) is 2. The van der Waals surface area contributed by atoms with Gasteiger partial charge in [-0.2, -0.15) is 0 Å². The fraction of sp³-hybridized carbons (Fsp3) is 0.316. The number of benzene rings is 2. The van der Waals surface area contributed by atoms with Crippen molar-refractivity contribution < 1.29 is 14.6 Å². The quantitative estimate of drug-likeness (QED) is 0.739. The van der Waals surface area contributed by atoms with Crippen molar-refractivity contribution in [2.75, 3.05) is 6.54 Å². The predicted molar refractivity (Wildman–Crippen MR) is 96.5 cm³/mol. The molecule has 2 aromatic rings. The molecule has 3 N–H and O–H groups in total. The number of amides is 1. The first-order chi connectivity index (χ1) is 12.1. The number of hydrogen-bond acceptors (Lipinski definition) is 4. The molecule has 25 heavy (non-hydrogen) atoms. The van der Waals surface area contributed by atoms with E-state index in [-0.39, 0.29) is 11.9 Å². The third-order valence-electron chi connectivity index (χ3n) is 4.22. The number of carbonyl (C=O) groups excluding carboxylic acids is 1. The van der Waals surface area contributed by atoms with Crippen LogP contribution in [0.5, 0.6) is 5.75 Å². The number of hydrogen-bond donors (Lipinski definition) is 3. The van der Waals surface area contributed by atoms with E-state index in [1.54, 1.807) is 6.07 Å². The normalized spacial score (nSPS) is 19.6. The van der Waals surface area contributed by atoms with E-state index in [1.165, 1.54) is 0 Å². The molecule has 0 saturated carbocycles. The van der Waals surface area contributed by atoms with E-state index in [0.29, 0.717) is 36.9 Å². The fourth-order valence-electron chi connectivity index (χ4n) is 2.81. The van der Waals surface area contributed by atoms with Gasteiger partial charge in [0, 0.05) is 13.1 Å². The van der Waals surface area contributed by atoms with Gasteiger partial charge in [0.05, 0.1) is 17.2 Å². The van der Waals surface area contributed by atoms with Crippen LogP contribution in [0.2, 0.25) is 5.02 Å². The van der Waals surface area contributed by atoms with Crippen LogP contribution in [0.4, 0.5) is 0 Å². The molecule has 0 aliphatic carbocycles. The minimum absolute atomic E-state index is 0.0987. The maximum Gasteiger partial charge on any atom is 0.237 e. The van der Waals surface area contributed by atoms with Crippen LogP contribution in [-0.4, -0.2) is 29.7 Å². The molecule has 0 unspecified atom stereocenters. The summed E-state index contributed by atoms with van der Waals surface area (Å²) in [5.74, 6) is 0.533. The third-order valence-corrected chi connectivity index (χ3v) is 4.53. The van der Waals surface area contributed by atoms with Gasteiger partial charge in [0.15, 0.2) is 0 Å². The molecule has 2 atom stereocenters. The zero-order valence-corrected chi connectivity index (χ0v) is 14.5. The van der Waals surface area contributed by atoms with Gasteiger partial charge >= 0.3 is 0 Å². The van der Waals surface area contributed by atoms with Gasteiger partial charge in [-0.15, -0.1) is 0 Å². The van der Waals surface area contributed by atoms with Gasteiger partial charge in [-0.25, -0.2) is 0 Å². The maximum atomic E-state index is 12.2. The molecule has 0 bridgehead atoms. The van der Waals surface area contributed by atoms with Gasteiger partial charge in [-0.05, 0) is 29.7 Å². The number of carbonyl (C=O) groups is 1. The van der Waals surface area contributed by atoms with Crippen molar-refractivity contribution in [1.82, 2.24) is 10.6 Å². The summed E-state index contributed by atoms with van der Waals surface area (Å²) in [6, 6.07) is 14.8. The van der Waals surface area contributed by atoms with E-state index < -0.39 is 6.10 Å². The van der Waals surface area contributed by atoms with Crippen molar-refractivity contribution in [1.29, 1.82) is 0 Å². The molecule has 5 nitrogen and oxygen atoms in total. The number of aliphatic hydroxyl groups excluding tert-OH is 1. The minimum Gasteiger partial charge on any atom is -0.487 e. The Morgan fingerprint density at radius 2 is 1.92 bits per heavy atom. The molecule has 1 aliphatic rings. The molecule has 1 heterocycles. The third kappa shape index (κ3) is 4.72. The van der Waals surface area contributed by atoms with E-state index in [9.17, 15) is 9.90 Å².